The zero-order chi connectivity index (χ0) is 26.7. The highest BCUT2D eigenvalue weighted by Crippen LogP contribution is 2.31. The fraction of sp³-hybridized carbons (Fsp3) is 0.357. The van der Waals surface area contributed by atoms with Crippen molar-refractivity contribution >= 4 is 34.7 Å². The number of piperidine rings is 1. The quantitative estimate of drug-likeness (QED) is 0.307. The lowest BCUT2D eigenvalue weighted by atomic mass is 9.85. The van der Waals surface area contributed by atoms with E-state index in [2.05, 4.69) is 20.2 Å². The van der Waals surface area contributed by atoms with Gasteiger partial charge in [-0.15, -0.1) is 0 Å². The number of carboxylic acid groups (broad SMARTS) is 1. The normalized spacial score (nSPS) is 15.9. The van der Waals surface area contributed by atoms with Crippen molar-refractivity contribution in [2.24, 2.45) is 0 Å². The Morgan fingerprint density at radius 2 is 2.00 bits per heavy atom. The molecule has 1 fully saturated rings. The summed E-state index contributed by atoms with van der Waals surface area (Å²) in [7, 11) is 0. The fourth-order valence-corrected chi connectivity index (χ4v) is 4.41. The molecule has 2 aromatic heterocycles. The van der Waals surface area contributed by atoms with Crippen LogP contribution in [-0.4, -0.2) is 51.8 Å². The molecule has 3 heterocycles. The number of hydrogen-bond acceptors (Lipinski definition) is 9. The molecule has 0 radical (unpaired) electrons. The molecular weight excluding hydrogens is 486 g/mol. The molecule has 198 valence electrons. The van der Waals surface area contributed by atoms with Crippen molar-refractivity contribution in [3.63, 3.8) is 0 Å². The highest BCUT2D eigenvalue weighted by atomic mass is 16.5. The molecule has 0 amide bonds. The van der Waals surface area contributed by atoms with Crippen LogP contribution < -0.4 is 19.7 Å². The smallest absolute Gasteiger partial charge is 0.313 e. The van der Waals surface area contributed by atoms with Gasteiger partial charge in [-0.25, -0.2) is 4.98 Å². The number of hydrogen-bond donors (Lipinski definition) is 2. The number of carbonyl (C=O) groups is 1. The number of nitrogens with zero attached hydrogens (tertiary/aromatic N) is 4. The lowest BCUT2D eigenvalue weighted by molar-refractivity contribution is -0.142. The molecule has 0 aliphatic carbocycles. The van der Waals surface area contributed by atoms with Crippen molar-refractivity contribution in [3.05, 3.63) is 60.4 Å². The summed E-state index contributed by atoms with van der Waals surface area (Å²) in [5.74, 6) is 1.79. The van der Waals surface area contributed by atoms with Crippen LogP contribution in [0.1, 0.15) is 39.2 Å². The number of oxazole rings is 1. The number of ether oxygens (including phenoxy) is 2. The predicted molar refractivity (Wildman–Crippen MR) is 143 cm³/mol. The Hall–Kier alpha value is -4.34. The number of anilines is 3. The van der Waals surface area contributed by atoms with E-state index in [1.165, 1.54) is 0 Å². The standard InChI is InChI=1S/C28H31N5O5/c1-4-36-21-9-5-6-10-22(21)37-19-8-7-13-33(17-19)25-16-29-15-24(31-25)32-27-30-20-12-11-18(14-23(20)38-27)28(2,3)26(34)35/h5-6,9-12,14-16,19H,4,7-8,13,17H2,1-3H3,(H,34,35)(H,30,31,32). The third-order valence-electron chi connectivity index (χ3n) is 6.65. The van der Waals surface area contributed by atoms with Gasteiger partial charge in [0.05, 0.1) is 31.0 Å². The molecule has 2 N–H and O–H groups in total. The van der Waals surface area contributed by atoms with E-state index in [4.69, 9.17) is 18.9 Å². The first-order valence-corrected chi connectivity index (χ1v) is 12.7. The molecule has 4 aromatic rings. The van der Waals surface area contributed by atoms with E-state index in [1.807, 2.05) is 31.2 Å². The zero-order valence-corrected chi connectivity index (χ0v) is 21.7. The average molecular weight is 518 g/mol. The summed E-state index contributed by atoms with van der Waals surface area (Å²) in [6.07, 6.45) is 5.22. The third kappa shape index (κ3) is 5.34. The topological polar surface area (TPSA) is 123 Å². The Balaban J connectivity index is 1.29. The molecule has 5 rings (SSSR count). The number of aliphatic carboxylic acids is 1. The van der Waals surface area contributed by atoms with Gasteiger partial charge in [0.1, 0.15) is 17.4 Å². The minimum Gasteiger partial charge on any atom is -0.490 e. The molecular formula is C28H31N5O5. The summed E-state index contributed by atoms with van der Waals surface area (Å²) in [5, 5.41) is 12.6. The number of rotatable bonds is 9. The van der Waals surface area contributed by atoms with Crippen molar-refractivity contribution in [1.82, 2.24) is 15.0 Å². The monoisotopic (exact) mass is 517 g/mol. The molecule has 1 atom stereocenters. The van der Waals surface area contributed by atoms with Crippen molar-refractivity contribution in [3.8, 4) is 11.5 Å². The second-order valence-electron chi connectivity index (χ2n) is 9.73. The second-order valence-corrected chi connectivity index (χ2v) is 9.73. The van der Waals surface area contributed by atoms with Crippen molar-refractivity contribution < 1.29 is 23.8 Å². The highest BCUT2D eigenvalue weighted by Gasteiger charge is 2.30. The van der Waals surface area contributed by atoms with Gasteiger partial charge in [-0.3, -0.25) is 15.1 Å². The lowest BCUT2D eigenvalue weighted by Crippen LogP contribution is -2.41. The highest BCUT2D eigenvalue weighted by molar-refractivity contribution is 5.83. The average Bonchev–Trinajstić information content (AvgIpc) is 3.32. The molecule has 1 aliphatic rings. The minimum atomic E-state index is -1.05. The number of fused-ring (bicyclic) bond motifs is 1. The number of para-hydroxylation sites is 2. The van der Waals surface area contributed by atoms with E-state index in [1.54, 1.807) is 44.4 Å². The van der Waals surface area contributed by atoms with Gasteiger partial charge in [-0.05, 0) is 63.4 Å². The van der Waals surface area contributed by atoms with Gasteiger partial charge in [0.2, 0.25) is 0 Å². The van der Waals surface area contributed by atoms with E-state index in [-0.39, 0.29) is 12.1 Å². The van der Waals surface area contributed by atoms with Gasteiger partial charge in [-0.2, -0.15) is 4.98 Å². The van der Waals surface area contributed by atoms with E-state index in [9.17, 15) is 9.90 Å². The van der Waals surface area contributed by atoms with Gasteiger partial charge < -0.3 is 23.9 Å². The minimum absolute atomic E-state index is 0.00920. The second kappa shape index (κ2) is 10.6. The molecule has 2 aromatic carbocycles. The van der Waals surface area contributed by atoms with Crippen LogP contribution in [0.4, 0.5) is 17.7 Å². The van der Waals surface area contributed by atoms with E-state index < -0.39 is 11.4 Å². The van der Waals surface area contributed by atoms with Crippen molar-refractivity contribution in [2.45, 2.75) is 45.1 Å². The van der Waals surface area contributed by atoms with Crippen LogP contribution in [0.25, 0.3) is 11.1 Å². The van der Waals surface area contributed by atoms with E-state index in [0.29, 0.717) is 35.6 Å². The lowest BCUT2D eigenvalue weighted by Gasteiger charge is -2.33. The van der Waals surface area contributed by atoms with E-state index in [0.717, 1.165) is 36.7 Å². The van der Waals surface area contributed by atoms with Crippen LogP contribution >= 0.6 is 0 Å². The Bertz CT molecular complexity index is 1440. The first-order valence-electron chi connectivity index (χ1n) is 12.7. The summed E-state index contributed by atoms with van der Waals surface area (Å²) in [6, 6.07) is 13.2. The van der Waals surface area contributed by atoms with Crippen LogP contribution in [0, 0.1) is 0 Å². The number of carboxylic acids is 1. The van der Waals surface area contributed by atoms with Crippen molar-refractivity contribution in [1.29, 1.82) is 0 Å². The molecule has 1 saturated heterocycles. The van der Waals surface area contributed by atoms with E-state index >= 15 is 0 Å². The Labute approximate surface area is 220 Å². The number of nitrogens with one attached hydrogen (secondary N) is 1. The van der Waals surface area contributed by atoms with Gasteiger partial charge in [0.25, 0.3) is 0 Å². The molecule has 1 unspecified atom stereocenters. The van der Waals surface area contributed by atoms with Crippen LogP contribution in [0.3, 0.4) is 0 Å². The molecule has 0 spiro atoms. The molecule has 10 heteroatoms. The number of aromatic nitrogens is 3. The SMILES string of the molecule is CCOc1ccccc1OC1CCCN(c2cncc(Nc3nc4ccc(C(C)(C)C(=O)O)cc4o3)n2)C1. The molecule has 1 aliphatic heterocycles. The summed E-state index contributed by atoms with van der Waals surface area (Å²) in [5.41, 5.74) is 0.694. The number of benzene rings is 2. The first-order chi connectivity index (χ1) is 18.3. The molecule has 0 bridgehead atoms. The summed E-state index contributed by atoms with van der Waals surface area (Å²) in [6.45, 7) is 7.35. The van der Waals surface area contributed by atoms with Crippen LogP contribution in [0.15, 0.2) is 59.3 Å². The van der Waals surface area contributed by atoms with Gasteiger partial charge in [0.15, 0.2) is 22.9 Å². The first kappa shape index (κ1) is 25.3. The Morgan fingerprint density at radius 3 is 2.79 bits per heavy atom. The molecule has 0 saturated carbocycles. The molecule has 38 heavy (non-hydrogen) atoms. The van der Waals surface area contributed by atoms with Crippen LogP contribution in [0.2, 0.25) is 0 Å². The van der Waals surface area contributed by atoms with Gasteiger partial charge in [0, 0.05) is 6.54 Å². The largest absolute Gasteiger partial charge is 0.490 e. The fourth-order valence-electron chi connectivity index (χ4n) is 4.41. The zero-order valence-electron chi connectivity index (χ0n) is 21.7. The summed E-state index contributed by atoms with van der Waals surface area (Å²) >= 11 is 0. The van der Waals surface area contributed by atoms with Gasteiger partial charge >= 0.3 is 12.0 Å². The van der Waals surface area contributed by atoms with Crippen molar-refractivity contribution in [2.75, 3.05) is 29.9 Å². The van der Waals surface area contributed by atoms with Crippen LogP contribution in [-0.2, 0) is 10.2 Å². The predicted octanol–water partition coefficient (Wildman–Crippen LogP) is 5.17. The maximum absolute atomic E-state index is 11.6. The Kier molecular flexibility index (Phi) is 7.04. The molecule has 10 nitrogen and oxygen atoms in total. The Morgan fingerprint density at radius 1 is 1.18 bits per heavy atom. The van der Waals surface area contributed by atoms with Gasteiger partial charge in [-0.1, -0.05) is 18.2 Å². The maximum Gasteiger partial charge on any atom is 0.313 e. The third-order valence-corrected chi connectivity index (χ3v) is 6.65. The summed E-state index contributed by atoms with van der Waals surface area (Å²) in [4.78, 5) is 27.3. The summed E-state index contributed by atoms with van der Waals surface area (Å²) < 4.78 is 17.9. The maximum atomic E-state index is 11.6. The van der Waals surface area contributed by atoms with Crippen LogP contribution in [0.5, 0.6) is 11.5 Å².